The Bertz CT molecular complexity index is 178. The van der Waals surface area contributed by atoms with Gasteiger partial charge in [0.05, 0.1) is 11.5 Å². The van der Waals surface area contributed by atoms with E-state index in [2.05, 4.69) is 11.4 Å². The molecular weight excluding hydrogens is 124 g/mol. The smallest absolute Gasteiger partial charge is 0.0713 e. The summed E-state index contributed by atoms with van der Waals surface area (Å²) in [7, 11) is 0. The molecule has 1 N–H and O–H groups in total. The lowest BCUT2D eigenvalue weighted by Gasteiger charge is -2.23. The summed E-state index contributed by atoms with van der Waals surface area (Å²) in [5.41, 5.74) is 0.0307. The fraction of sp³-hybridized carbons (Fsp3) is 0.875. The van der Waals surface area contributed by atoms with E-state index in [1.807, 2.05) is 0 Å². The van der Waals surface area contributed by atoms with Crippen LogP contribution in [0, 0.1) is 16.7 Å². The Balaban J connectivity index is 2.19. The van der Waals surface area contributed by atoms with Crippen molar-refractivity contribution >= 4 is 0 Å². The third-order valence-electron chi connectivity index (χ3n) is 2.81. The molecule has 2 aliphatic rings. The molecule has 2 atom stereocenters. The fourth-order valence-corrected chi connectivity index (χ4v) is 2.18. The van der Waals surface area contributed by atoms with Crippen LogP contribution in [0.4, 0.5) is 0 Å². The van der Waals surface area contributed by atoms with E-state index in [0.29, 0.717) is 6.04 Å². The van der Waals surface area contributed by atoms with E-state index < -0.39 is 0 Å². The number of nitriles is 1. The summed E-state index contributed by atoms with van der Waals surface area (Å²) in [6.07, 6.45) is 4.74. The predicted molar refractivity (Wildman–Crippen MR) is 38.3 cm³/mol. The van der Waals surface area contributed by atoms with Crippen LogP contribution in [0.25, 0.3) is 0 Å². The Morgan fingerprint density at radius 2 is 2.50 bits per heavy atom. The van der Waals surface area contributed by atoms with Gasteiger partial charge < -0.3 is 5.32 Å². The first-order valence-electron chi connectivity index (χ1n) is 3.99. The van der Waals surface area contributed by atoms with Gasteiger partial charge in [0.15, 0.2) is 0 Å². The van der Waals surface area contributed by atoms with Crippen molar-refractivity contribution in [3.8, 4) is 6.07 Å². The van der Waals surface area contributed by atoms with Crippen molar-refractivity contribution in [1.82, 2.24) is 5.32 Å². The number of nitrogens with zero attached hydrogens (tertiary/aromatic N) is 1. The first-order chi connectivity index (χ1) is 4.85. The average Bonchev–Trinajstić information content (AvgIpc) is 2.29. The third kappa shape index (κ3) is 0.741. The molecule has 2 unspecified atom stereocenters. The van der Waals surface area contributed by atoms with E-state index >= 15 is 0 Å². The minimum Gasteiger partial charge on any atom is -0.312 e. The molecule has 1 aliphatic heterocycles. The second kappa shape index (κ2) is 1.96. The van der Waals surface area contributed by atoms with E-state index in [1.54, 1.807) is 0 Å². The van der Waals surface area contributed by atoms with Gasteiger partial charge in [0.2, 0.25) is 0 Å². The number of fused-ring (bicyclic) bond motifs is 2. The molecule has 1 heterocycles. The van der Waals surface area contributed by atoms with Gasteiger partial charge in [-0.3, -0.25) is 0 Å². The molecule has 0 aromatic heterocycles. The van der Waals surface area contributed by atoms with Gasteiger partial charge in [-0.15, -0.1) is 0 Å². The lowest BCUT2D eigenvalue weighted by molar-refractivity contribution is 0.328. The van der Waals surface area contributed by atoms with Crippen LogP contribution in [0.3, 0.4) is 0 Å². The van der Waals surface area contributed by atoms with Crippen molar-refractivity contribution in [2.45, 2.75) is 31.7 Å². The molecule has 0 aromatic carbocycles. The minimum atomic E-state index is 0.0307. The normalized spacial score (nSPS) is 44.9. The van der Waals surface area contributed by atoms with Gasteiger partial charge in [-0.25, -0.2) is 0 Å². The molecule has 0 amide bonds. The number of rotatable bonds is 0. The van der Waals surface area contributed by atoms with Gasteiger partial charge in [0.25, 0.3) is 0 Å². The van der Waals surface area contributed by atoms with Crippen LogP contribution < -0.4 is 5.32 Å². The van der Waals surface area contributed by atoms with Crippen molar-refractivity contribution in [3.05, 3.63) is 0 Å². The highest BCUT2D eigenvalue weighted by atomic mass is 15.0. The maximum absolute atomic E-state index is 8.88. The van der Waals surface area contributed by atoms with Crippen molar-refractivity contribution in [3.63, 3.8) is 0 Å². The van der Waals surface area contributed by atoms with E-state index in [9.17, 15) is 0 Å². The van der Waals surface area contributed by atoms with Crippen LogP contribution in [0.1, 0.15) is 25.7 Å². The van der Waals surface area contributed by atoms with Gasteiger partial charge >= 0.3 is 0 Å². The Hall–Kier alpha value is -0.550. The van der Waals surface area contributed by atoms with Crippen LogP contribution in [0.2, 0.25) is 0 Å². The molecule has 0 aromatic rings. The monoisotopic (exact) mass is 136 g/mol. The van der Waals surface area contributed by atoms with Crippen LogP contribution in [-0.4, -0.2) is 12.6 Å². The lowest BCUT2D eigenvalue weighted by Crippen LogP contribution is -2.22. The minimum absolute atomic E-state index is 0.0307. The van der Waals surface area contributed by atoms with Crippen molar-refractivity contribution in [2.24, 2.45) is 5.41 Å². The van der Waals surface area contributed by atoms with E-state index in [1.165, 1.54) is 12.8 Å². The molecule has 2 heteroatoms. The highest BCUT2D eigenvalue weighted by Gasteiger charge is 2.41. The molecule has 0 radical (unpaired) electrons. The van der Waals surface area contributed by atoms with E-state index in [-0.39, 0.29) is 5.41 Å². The molecule has 10 heavy (non-hydrogen) atoms. The Morgan fingerprint density at radius 1 is 1.60 bits per heavy atom. The highest BCUT2D eigenvalue weighted by Crippen LogP contribution is 2.39. The summed E-state index contributed by atoms with van der Waals surface area (Å²) in [5.74, 6) is 0. The van der Waals surface area contributed by atoms with Crippen LogP contribution in [0.5, 0.6) is 0 Å². The first kappa shape index (κ1) is 6.18. The quantitative estimate of drug-likeness (QED) is 0.540. The Kier molecular flexibility index (Phi) is 1.21. The Labute approximate surface area is 61.2 Å². The summed E-state index contributed by atoms with van der Waals surface area (Å²) in [5, 5.41) is 12.3. The number of nitrogens with one attached hydrogen (secondary N) is 1. The van der Waals surface area contributed by atoms with E-state index in [0.717, 1.165) is 19.4 Å². The second-order valence-electron chi connectivity index (χ2n) is 3.57. The van der Waals surface area contributed by atoms with Crippen LogP contribution >= 0.6 is 0 Å². The van der Waals surface area contributed by atoms with Crippen molar-refractivity contribution in [1.29, 1.82) is 5.26 Å². The molecule has 1 saturated heterocycles. The number of hydrogen-bond donors (Lipinski definition) is 1. The molecule has 2 rings (SSSR count). The molecule has 2 bridgehead atoms. The summed E-state index contributed by atoms with van der Waals surface area (Å²) < 4.78 is 0. The zero-order chi connectivity index (χ0) is 7.03. The van der Waals surface area contributed by atoms with Crippen LogP contribution in [0.15, 0.2) is 0 Å². The lowest BCUT2D eigenvalue weighted by atomic mass is 9.77. The second-order valence-corrected chi connectivity index (χ2v) is 3.57. The highest BCUT2D eigenvalue weighted by molar-refractivity contribution is 5.09. The Morgan fingerprint density at radius 3 is 3.20 bits per heavy atom. The zero-order valence-corrected chi connectivity index (χ0v) is 6.06. The largest absolute Gasteiger partial charge is 0.312 e. The summed E-state index contributed by atoms with van der Waals surface area (Å²) in [6, 6.07) is 3.11. The first-order valence-corrected chi connectivity index (χ1v) is 3.99. The maximum atomic E-state index is 8.88. The van der Waals surface area contributed by atoms with Gasteiger partial charge in [0.1, 0.15) is 0 Å². The van der Waals surface area contributed by atoms with E-state index in [4.69, 9.17) is 5.26 Å². The van der Waals surface area contributed by atoms with Gasteiger partial charge in [-0.2, -0.15) is 5.26 Å². The van der Waals surface area contributed by atoms with Crippen molar-refractivity contribution < 1.29 is 0 Å². The van der Waals surface area contributed by atoms with Gasteiger partial charge in [0, 0.05) is 12.6 Å². The summed E-state index contributed by atoms with van der Waals surface area (Å²) in [4.78, 5) is 0. The molecular formula is C8H12N2. The third-order valence-corrected chi connectivity index (χ3v) is 2.81. The predicted octanol–water partition coefficient (Wildman–Crippen LogP) is 1.04. The molecule has 1 saturated carbocycles. The zero-order valence-electron chi connectivity index (χ0n) is 6.06. The molecule has 2 nitrogen and oxygen atoms in total. The summed E-state index contributed by atoms with van der Waals surface area (Å²) >= 11 is 0. The number of hydrogen-bond acceptors (Lipinski definition) is 2. The average molecular weight is 136 g/mol. The maximum Gasteiger partial charge on any atom is 0.0713 e. The molecule has 54 valence electrons. The van der Waals surface area contributed by atoms with Gasteiger partial charge in [-0.05, 0) is 19.3 Å². The standard InChI is InChI=1S/C8H12N2/c9-5-8-3-1-2-7(4-8)10-6-8/h7,10H,1-4,6H2. The SMILES string of the molecule is N#CC12CCCC(C1)NC2. The summed E-state index contributed by atoms with van der Waals surface area (Å²) in [6.45, 7) is 0.939. The van der Waals surface area contributed by atoms with Crippen LogP contribution in [-0.2, 0) is 0 Å². The van der Waals surface area contributed by atoms with Crippen molar-refractivity contribution in [2.75, 3.05) is 6.54 Å². The molecule has 2 fully saturated rings. The molecule has 0 spiro atoms. The molecule has 1 aliphatic carbocycles. The van der Waals surface area contributed by atoms with Gasteiger partial charge in [-0.1, -0.05) is 6.42 Å². The fourth-order valence-electron chi connectivity index (χ4n) is 2.18. The topological polar surface area (TPSA) is 35.8 Å².